The van der Waals surface area contributed by atoms with Crippen LogP contribution in [0.25, 0.3) is 0 Å². The van der Waals surface area contributed by atoms with Crippen molar-refractivity contribution in [3.63, 3.8) is 0 Å². The number of rotatable bonds is 3. The Hall–Kier alpha value is -0.810. The SMILES string of the molecule is O=C1C=CC(=O)N1CCN[S-]. The molecule has 0 saturated carbocycles. The summed E-state index contributed by atoms with van der Waals surface area (Å²) < 4.78 is 2.45. The van der Waals surface area contributed by atoms with E-state index < -0.39 is 0 Å². The Morgan fingerprint density at radius 1 is 1.36 bits per heavy atom. The van der Waals surface area contributed by atoms with E-state index in [0.29, 0.717) is 13.1 Å². The van der Waals surface area contributed by atoms with Crippen LogP contribution < -0.4 is 4.72 Å². The van der Waals surface area contributed by atoms with Crippen molar-refractivity contribution in [3.8, 4) is 0 Å². The van der Waals surface area contributed by atoms with Crippen LogP contribution in [0.4, 0.5) is 0 Å². The molecule has 1 aliphatic rings. The quantitative estimate of drug-likeness (QED) is 0.435. The minimum Gasteiger partial charge on any atom is -0.705 e. The number of hydrogen-bond acceptors (Lipinski definition) is 4. The average Bonchev–Trinajstić information content (AvgIpc) is 2.29. The van der Waals surface area contributed by atoms with Gasteiger partial charge in [-0.25, -0.2) is 0 Å². The molecular formula is C6H7N2O2S-. The second-order valence-corrected chi connectivity index (χ2v) is 2.34. The smallest absolute Gasteiger partial charge is 0.253 e. The molecule has 2 amide bonds. The maximum atomic E-state index is 10.8. The van der Waals surface area contributed by atoms with Crippen molar-refractivity contribution in [2.45, 2.75) is 0 Å². The first-order valence-electron chi connectivity index (χ1n) is 3.14. The third kappa shape index (κ3) is 1.81. The molecule has 0 aliphatic carbocycles. The first-order chi connectivity index (χ1) is 5.25. The van der Waals surface area contributed by atoms with Crippen LogP contribution >= 0.6 is 0 Å². The van der Waals surface area contributed by atoms with Gasteiger partial charge in [-0.05, 0) is 6.54 Å². The predicted octanol–water partition coefficient (Wildman–Crippen LogP) is -1.04. The molecule has 0 spiro atoms. The normalized spacial score (nSPS) is 16.6. The molecule has 0 aromatic rings. The van der Waals surface area contributed by atoms with E-state index in [-0.39, 0.29) is 11.8 Å². The zero-order valence-corrected chi connectivity index (χ0v) is 6.56. The van der Waals surface area contributed by atoms with Crippen LogP contribution in [0.2, 0.25) is 0 Å². The number of imide groups is 1. The molecule has 0 atom stereocenters. The van der Waals surface area contributed by atoms with Crippen molar-refractivity contribution >= 4 is 24.6 Å². The highest BCUT2D eigenvalue weighted by molar-refractivity contribution is 7.56. The van der Waals surface area contributed by atoms with Crippen LogP contribution in [0.15, 0.2) is 12.2 Å². The lowest BCUT2D eigenvalue weighted by atomic mass is 10.5. The summed E-state index contributed by atoms with van der Waals surface area (Å²) in [6, 6.07) is 0. The summed E-state index contributed by atoms with van der Waals surface area (Å²) in [4.78, 5) is 22.8. The van der Waals surface area contributed by atoms with Crippen molar-refractivity contribution in [1.29, 1.82) is 0 Å². The fourth-order valence-corrected chi connectivity index (χ4v) is 0.900. The fraction of sp³-hybridized carbons (Fsp3) is 0.333. The van der Waals surface area contributed by atoms with E-state index in [1.54, 1.807) is 0 Å². The predicted molar refractivity (Wildman–Crippen MR) is 41.2 cm³/mol. The summed E-state index contributed by atoms with van der Waals surface area (Å²) >= 11 is 4.44. The number of hydrogen-bond donors (Lipinski definition) is 1. The highest BCUT2D eigenvalue weighted by atomic mass is 32.1. The Balaban J connectivity index is 2.46. The van der Waals surface area contributed by atoms with Crippen LogP contribution in [-0.4, -0.2) is 29.8 Å². The standard InChI is InChI=1S/C6H7N2O2S/c9-5-1-2-6(10)8(5)4-3-7-11/h1-2,7H,3-4H2/q-1. The van der Waals surface area contributed by atoms with Crippen LogP contribution in [-0.2, 0) is 22.4 Å². The highest BCUT2D eigenvalue weighted by Gasteiger charge is 2.21. The molecule has 0 aromatic heterocycles. The number of carbonyl (C=O) groups excluding carboxylic acids is 2. The van der Waals surface area contributed by atoms with E-state index >= 15 is 0 Å². The third-order valence-electron chi connectivity index (χ3n) is 1.34. The molecule has 1 N–H and O–H groups in total. The number of amides is 2. The number of nitrogens with one attached hydrogen (secondary N) is 1. The third-order valence-corrected chi connectivity index (χ3v) is 1.54. The van der Waals surface area contributed by atoms with Gasteiger partial charge in [0.25, 0.3) is 11.8 Å². The van der Waals surface area contributed by atoms with Gasteiger partial charge >= 0.3 is 0 Å². The molecule has 1 aliphatic heterocycles. The molecule has 11 heavy (non-hydrogen) atoms. The van der Waals surface area contributed by atoms with E-state index in [0.717, 1.165) is 4.90 Å². The lowest BCUT2D eigenvalue weighted by Gasteiger charge is -2.15. The van der Waals surface area contributed by atoms with E-state index in [9.17, 15) is 9.59 Å². The first kappa shape index (κ1) is 8.29. The minimum absolute atomic E-state index is 0.264. The molecule has 0 unspecified atom stereocenters. The Labute approximate surface area is 69.8 Å². The summed E-state index contributed by atoms with van der Waals surface area (Å²) in [5.74, 6) is -0.527. The van der Waals surface area contributed by atoms with Gasteiger partial charge in [0, 0.05) is 18.7 Å². The van der Waals surface area contributed by atoms with Gasteiger partial charge in [0.2, 0.25) is 0 Å². The number of carbonyl (C=O) groups is 2. The van der Waals surface area contributed by atoms with Crippen molar-refractivity contribution in [3.05, 3.63) is 12.2 Å². The van der Waals surface area contributed by atoms with E-state index in [1.807, 2.05) is 0 Å². The molecule has 0 bridgehead atoms. The van der Waals surface area contributed by atoms with Gasteiger partial charge in [-0.2, -0.15) is 0 Å². The molecule has 4 nitrogen and oxygen atoms in total. The van der Waals surface area contributed by atoms with Gasteiger partial charge < -0.3 is 17.5 Å². The van der Waals surface area contributed by atoms with Gasteiger partial charge in [-0.1, -0.05) is 0 Å². The van der Waals surface area contributed by atoms with Gasteiger partial charge in [0.15, 0.2) is 0 Å². The van der Waals surface area contributed by atoms with E-state index in [4.69, 9.17) is 0 Å². The summed E-state index contributed by atoms with van der Waals surface area (Å²) in [5.41, 5.74) is 0. The van der Waals surface area contributed by atoms with Crippen LogP contribution in [0, 0.1) is 0 Å². The van der Waals surface area contributed by atoms with Crippen molar-refractivity contribution in [1.82, 2.24) is 9.62 Å². The van der Waals surface area contributed by atoms with Crippen LogP contribution in [0.5, 0.6) is 0 Å². The molecule has 1 heterocycles. The maximum Gasteiger partial charge on any atom is 0.253 e. The van der Waals surface area contributed by atoms with Crippen LogP contribution in [0.3, 0.4) is 0 Å². The van der Waals surface area contributed by atoms with Crippen molar-refractivity contribution in [2.75, 3.05) is 13.1 Å². The summed E-state index contributed by atoms with van der Waals surface area (Å²) in [6.07, 6.45) is 2.51. The minimum atomic E-state index is -0.264. The Kier molecular flexibility index (Phi) is 2.67. The maximum absolute atomic E-state index is 10.8. The van der Waals surface area contributed by atoms with Crippen molar-refractivity contribution in [2.24, 2.45) is 0 Å². The highest BCUT2D eigenvalue weighted by Crippen LogP contribution is 2.01. The number of nitrogens with zero attached hydrogens (tertiary/aromatic N) is 1. The molecule has 1 rings (SSSR count). The van der Waals surface area contributed by atoms with Gasteiger partial charge in [-0.15, -0.1) is 0 Å². The topological polar surface area (TPSA) is 49.4 Å². The van der Waals surface area contributed by atoms with Crippen molar-refractivity contribution < 1.29 is 9.59 Å². The van der Waals surface area contributed by atoms with Gasteiger partial charge in [0.05, 0.1) is 0 Å². The lowest BCUT2D eigenvalue weighted by molar-refractivity contribution is -0.136. The largest absolute Gasteiger partial charge is 0.705 e. The molecule has 5 heteroatoms. The van der Waals surface area contributed by atoms with E-state index in [2.05, 4.69) is 17.5 Å². The zero-order chi connectivity index (χ0) is 8.27. The lowest BCUT2D eigenvalue weighted by Crippen LogP contribution is -2.35. The molecule has 60 valence electrons. The molecule has 0 radical (unpaired) electrons. The van der Waals surface area contributed by atoms with Crippen LogP contribution in [0.1, 0.15) is 0 Å². The molecule has 0 aromatic carbocycles. The average molecular weight is 171 g/mol. The Morgan fingerprint density at radius 2 is 1.91 bits per heavy atom. The fourth-order valence-electron chi connectivity index (χ4n) is 0.809. The molecular weight excluding hydrogens is 164 g/mol. The summed E-state index contributed by atoms with van der Waals surface area (Å²) in [6.45, 7) is 0.794. The Morgan fingerprint density at radius 3 is 2.36 bits per heavy atom. The summed E-state index contributed by atoms with van der Waals surface area (Å²) in [7, 11) is 0. The first-order valence-corrected chi connectivity index (χ1v) is 3.55. The zero-order valence-electron chi connectivity index (χ0n) is 5.74. The monoisotopic (exact) mass is 171 g/mol. The summed E-state index contributed by atoms with van der Waals surface area (Å²) in [5, 5.41) is 0. The van der Waals surface area contributed by atoms with Gasteiger partial charge in [-0.3, -0.25) is 14.5 Å². The van der Waals surface area contributed by atoms with Gasteiger partial charge in [0.1, 0.15) is 0 Å². The van der Waals surface area contributed by atoms with E-state index in [1.165, 1.54) is 12.2 Å². The molecule has 0 saturated heterocycles. The molecule has 0 fully saturated rings. The Bertz CT molecular complexity index is 197. The second kappa shape index (κ2) is 3.54. The second-order valence-electron chi connectivity index (χ2n) is 2.06.